The average molecular weight is 354 g/mol. The van der Waals surface area contributed by atoms with E-state index in [0.29, 0.717) is 24.3 Å². The second-order valence-corrected chi connectivity index (χ2v) is 5.99. The Balaban J connectivity index is 1.72. The summed E-state index contributed by atoms with van der Waals surface area (Å²) in [6.07, 6.45) is 1.69. The highest BCUT2D eigenvalue weighted by Crippen LogP contribution is 2.21. The molecule has 1 heterocycles. The zero-order valence-electron chi connectivity index (χ0n) is 14.5. The van der Waals surface area contributed by atoms with Crippen molar-refractivity contribution in [2.24, 2.45) is 0 Å². The lowest BCUT2D eigenvalue weighted by molar-refractivity contribution is -0.384. The Labute approximate surface area is 149 Å². The van der Waals surface area contributed by atoms with Crippen LogP contribution in [0.25, 0.3) is 10.9 Å². The van der Waals surface area contributed by atoms with E-state index in [0.717, 1.165) is 10.9 Å². The Hall–Kier alpha value is -3.26. The smallest absolute Gasteiger partial charge is 0.337 e. The van der Waals surface area contributed by atoms with Gasteiger partial charge in [-0.1, -0.05) is 12.1 Å². The quantitative estimate of drug-likeness (QED) is 0.384. The molecule has 3 rings (SSSR count). The van der Waals surface area contributed by atoms with Crippen molar-refractivity contribution in [2.45, 2.75) is 13.2 Å². The third kappa shape index (κ3) is 3.70. The molecule has 0 spiro atoms. The van der Waals surface area contributed by atoms with E-state index in [2.05, 4.69) is 9.84 Å². The number of methoxy groups -OCH3 is 1. The van der Waals surface area contributed by atoms with Crippen molar-refractivity contribution in [3.8, 4) is 0 Å². The largest absolute Gasteiger partial charge is 0.465 e. The molecule has 3 aromatic rings. The summed E-state index contributed by atoms with van der Waals surface area (Å²) in [4.78, 5) is 24.1. The molecule has 0 fully saturated rings. The van der Waals surface area contributed by atoms with Gasteiger partial charge in [-0.3, -0.25) is 19.7 Å². The lowest BCUT2D eigenvalue weighted by Gasteiger charge is -2.17. The molecule has 0 bridgehead atoms. The van der Waals surface area contributed by atoms with Gasteiger partial charge in [0, 0.05) is 24.1 Å². The number of fused-ring (bicyclic) bond motifs is 1. The van der Waals surface area contributed by atoms with E-state index >= 15 is 0 Å². The first-order valence-corrected chi connectivity index (χ1v) is 7.93. The summed E-state index contributed by atoms with van der Waals surface area (Å²) in [5.74, 6) is -0.366. The minimum atomic E-state index is -0.413. The number of nitro benzene ring substituents is 1. The second-order valence-electron chi connectivity index (χ2n) is 5.99. The van der Waals surface area contributed by atoms with Crippen molar-refractivity contribution in [3.05, 3.63) is 69.9 Å². The van der Waals surface area contributed by atoms with Crippen LogP contribution in [0.1, 0.15) is 15.9 Å². The monoisotopic (exact) mass is 354 g/mol. The van der Waals surface area contributed by atoms with Crippen LogP contribution in [0.15, 0.2) is 48.7 Å². The van der Waals surface area contributed by atoms with Crippen LogP contribution in [0.3, 0.4) is 0 Å². The third-order valence-corrected chi connectivity index (χ3v) is 4.04. The molecule has 1 aromatic heterocycles. The molecule has 2 aromatic carbocycles. The van der Waals surface area contributed by atoms with Crippen molar-refractivity contribution in [1.29, 1.82) is 0 Å². The maximum Gasteiger partial charge on any atom is 0.337 e. The van der Waals surface area contributed by atoms with Gasteiger partial charge in [0.1, 0.15) is 0 Å². The molecule has 26 heavy (non-hydrogen) atoms. The first kappa shape index (κ1) is 17.6. The maximum absolute atomic E-state index is 11.5. The molecule has 8 nitrogen and oxygen atoms in total. The lowest BCUT2D eigenvalue weighted by Crippen LogP contribution is -2.22. The van der Waals surface area contributed by atoms with Crippen molar-refractivity contribution in [2.75, 3.05) is 14.2 Å². The molecular weight excluding hydrogens is 336 g/mol. The van der Waals surface area contributed by atoms with Crippen LogP contribution in [0.2, 0.25) is 0 Å². The zero-order chi connectivity index (χ0) is 18.7. The SMILES string of the molecule is COC(=O)c1ccc(CN(C)Cn2ncc3ccc([N+](=O)[O-])cc32)cc1. The normalized spacial score (nSPS) is 11.0. The van der Waals surface area contributed by atoms with E-state index in [4.69, 9.17) is 0 Å². The third-order valence-electron chi connectivity index (χ3n) is 4.04. The molecule has 0 N–H and O–H groups in total. The van der Waals surface area contributed by atoms with Crippen molar-refractivity contribution in [1.82, 2.24) is 14.7 Å². The number of ether oxygens (including phenoxy) is 1. The highest BCUT2D eigenvalue weighted by atomic mass is 16.6. The number of non-ortho nitro benzene ring substituents is 1. The number of carbonyl (C=O) groups is 1. The summed E-state index contributed by atoms with van der Waals surface area (Å²) in [6, 6.07) is 11.9. The van der Waals surface area contributed by atoms with E-state index < -0.39 is 4.92 Å². The van der Waals surface area contributed by atoms with Gasteiger partial charge in [-0.25, -0.2) is 4.79 Å². The number of aromatic nitrogens is 2. The Bertz CT molecular complexity index is 949. The fourth-order valence-electron chi connectivity index (χ4n) is 2.74. The van der Waals surface area contributed by atoms with Gasteiger partial charge >= 0.3 is 5.97 Å². The van der Waals surface area contributed by atoms with Crippen LogP contribution in [-0.4, -0.2) is 39.7 Å². The standard InChI is InChI=1S/C18H18N4O4/c1-20(11-13-3-5-14(6-4-13)18(23)26-2)12-21-17-9-16(22(24)25)8-7-15(17)10-19-21/h3-10H,11-12H2,1-2H3. The van der Waals surface area contributed by atoms with Gasteiger partial charge in [-0.05, 0) is 30.8 Å². The summed E-state index contributed by atoms with van der Waals surface area (Å²) in [5.41, 5.74) is 2.29. The maximum atomic E-state index is 11.5. The molecule has 0 aliphatic carbocycles. The Morgan fingerprint density at radius 1 is 1.27 bits per heavy atom. The number of esters is 1. The molecule has 8 heteroatoms. The molecule has 0 unspecified atom stereocenters. The molecular formula is C18H18N4O4. The fraction of sp³-hybridized carbons (Fsp3) is 0.222. The minimum absolute atomic E-state index is 0.0419. The summed E-state index contributed by atoms with van der Waals surface area (Å²) in [6.45, 7) is 1.11. The van der Waals surface area contributed by atoms with Crippen LogP contribution >= 0.6 is 0 Å². The van der Waals surface area contributed by atoms with Crippen LogP contribution in [0, 0.1) is 10.1 Å². The van der Waals surface area contributed by atoms with Gasteiger partial charge in [0.05, 0.1) is 36.0 Å². The number of hydrogen-bond donors (Lipinski definition) is 0. The molecule has 0 saturated heterocycles. The Morgan fingerprint density at radius 3 is 2.65 bits per heavy atom. The van der Waals surface area contributed by atoms with Crippen molar-refractivity contribution >= 4 is 22.6 Å². The number of carbonyl (C=O) groups excluding carboxylic acids is 1. The number of hydrogen-bond acceptors (Lipinski definition) is 6. The van der Waals surface area contributed by atoms with Crippen molar-refractivity contribution in [3.63, 3.8) is 0 Å². The summed E-state index contributed by atoms with van der Waals surface area (Å²) in [5, 5.41) is 16.1. The zero-order valence-corrected chi connectivity index (χ0v) is 14.5. The highest BCUT2D eigenvalue weighted by molar-refractivity contribution is 5.89. The molecule has 0 aliphatic heterocycles. The summed E-state index contributed by atoms with van der Waals surface area (Å²) in [7, 11) is 3.28. The van der Waals surface area contributed by atoms with Gasteiger partial charge in [0.25, 0.3) is 5.69 Å². The van der Waals surface area contributed by atoms with E-state index in [1.807, 2.05) is 24.1 Å². The molecule has 0 radical (unpaired) electrons. The van der Waals surface area contributed by atoms with Crippen molar-refractivity contribution < 1.29 is 14.5 Å². The van der Waals surface area contributed by atoms with Crippen LogP contribution in [0.5, 0.6) is 0 Å². The molecule has 0 atom stereocenters. The van der Waals surface area contributed by atoms with Gasteiger partial charge < -0.3 is 4.74 Å². The topological polar surface area (TPSA) is 90.5 Å². The minimum Gasteiger partial charge on any atom is -0.465 e. The highest BCUT2D eigenvalue weighted by Gasteiger charge is 2.12. The molecule has 0 amide bonds. The molecule has 0 aliphatic rings. The van der Waals surface area contributed by atoms with Gasteiger partial charge in [-0.2, -0.15) is 5.10 Å². The van der Waals surface area contributed by atoms with Crippen LogP contribution in [-0.2, 0) is 18.0 Å². The van der Waals surface area contributed by atoms with E-state index in [-0.39, 0.29) is 11.7 Å². The number of nitro groups is 1. The van der Waals surface area contributed by atoms with Gasteiger partial charge in [0.2, 0.25) is 0 Å². The average Bonchev–Trinajstić information content (AvgIpc) is 3.03. The summed E-state index contributed by atoms with van der Waals surface area (Å²) < 4.78 is 6.41. The lowest BCUT2D eigenvalue weighted by atomic mass is 10.1. The Morgan fingerprint density at radius 2 is 2.00 bits per heavy atom. The van der Waals surface area contributed by atoms with Gasteiger partial charge in [-0.15, -0.1) is 0 Å². The van der Waals surface area contributed by atoms with E-state index in [1.54, 1.807) is 29.1 Å². The number of benzene rings is 2. The number of nitrogens with zero attached hydrogens (tertiary/aromatic N) is 4. The number of rotatable bonds is 6. The predicted octanol–water partition coefficient (Wildman–Crippen LogP) is 2.82. The first-order chi connectivity index (χ1) is 12.5. The molecule has 0 saturated carbocycles. The van der Waals surface area contributed by atoms with Gasteiger partial charge in [0.15, 0.2) is 0 Å². The second kappa shape index (κ2) is 7.32. The van der Waals surface area contributed by atoms with E-state index in [1.165, 1.54) is 19.2 Å². The summed E-state index contributed by atoms with van der Waals surface area (Å²) >= 11 is 0. The first-order valence-electron chi connectivity index (χ1n) is 7.93. The van der Waals surface area contributed by atoms with Crippen LogP contribution < -0.4 is 0 Å². The molecule has 134 valence electrons. The van der Waals surface area contributed by atoms with E-state index in [9.17, 15) is 14.9 Å². The Kier molecular flexibility index (Phi) is 4.94. The predicted molar refractivity (Wildman–Crippen MR) is 95.6 cm³/mol. The fourth-order valence-corrected chi connectivity index (χ4v) is 2.74. The van der Waals surface area contributed by atoms with Crippen LogP contribution in [0.4, 0.5) is 5.69 Å².